The molecule has 1 aromatic rings. The van der Waals surface area contributed by atoms with Crippen molar-refractivity contribution in [1.82, 2.24) is 10.2 Å². The molecule has 2 saturated heterocycles. The van der Waals surface area contributed by atoms with Crippen LogP contribution in [0.15, 0.2) is 30.3 Å². The zero-order valence-corrected chi connectivity index (χ0v) is 15.9. The van der Waals surface area contributed by atoms with Crippen LogP contribution in [0.25, 0.3) is 0 Å². The molecule has 1 spiro atoms. The van der Waals surface area contributed by atoms with Gasteiger partial charge in [-0.05, 0) is 44.6 Å². The maximum atomic E-state index is 9.79. The number of rotatable bonds is 2. The largest absolute Gasteiger partial charge is 0.506 e. The van der Waals surface area contributed by atoms with Gasteiger partial charge in [0.1, 0.15) is 11.6 Å². The summed E-state index contributed by atoms with van der Waals surface area (Å²) in [5, 5.41) is 20.8. The number of piperidine rings is 1. The lowest BCUT2D eigenvalue weighted by molar-refractivity contribution is 0.0150. The lowest BCUT2D eigenvalue weighted by Gasteiger charge is -2.49. The highest BCUT2D eigenvalue weighted by molar-refractivity contribution is 5.57. The van der Waals surface area contributed by atoms with Gasteiger partial charge in [-0.1, -0.05) is 30.3 Å². The first-order valence-corrected chi connectivity index (χ1v) is 9.06. The predicted molar refractivity (Wildman–Crippen MR) is 99.8 cm³/mol. The number of likely N-dealkylation sites (tertiary alicyclic amines) is 1. The molecule has 0 radical (unpaired) electrons. The second-order valence-corrected chi connectivity index (χ2v) is 8.06. The van der Waals surface area contributed by atoms with Crippen molar-refractivity contribution in [3.63, 3.8) is 0 Å². The van der Waals surface area contributed by atoms with Gasteiger partial charge in [0.25, 0.3) is 0 Å². The fraction of sp³-hybridized carbons (Fsp3) is 0.600. The third kappa shape index (κ3) is 5.72. The highest BCUT2D eigenvalue weighted by Crippen LogP contribution is 2.37. The summed E-state index contributed by atoms with van der Waals surface area (Å²) in [4.78, 5) is 12.1. The second-order valence-electron chi connectivity index (χ2n) is 8.06. The van der Waals surface area contributed by atoms with E-state index in [0.29, 0.717) is 5.41 Å². The fourth-order valence-electron chi connectivity index (χ4n) is 3.35. The molecule has 1 aromatic carbocycles. The first-order chi connectivity index (χ1) is 12.2. The first kappa shape index (κ1) is 20.2. The number of carbonyl (C=O) groups is 1. The van der Waals surface area contributed by atoms with Crippen molar-refractivity contribution in [3.05, 3.63) is 35.9 Å². The normalized spacial score (nSPS) is 20.1. The number of hydrogen-bond donors (Lipinski definition) is 2. The van der Waals surface area contributed by atoms with Crippen molar-refractivity contribution < 1.29 is 14.6 Å². The van der Waals surface area contributed by atoms with E-state index in [-0.39, 0.29) is 6.04 Å². The van der Waals surface area contributed by atoms with Crippen molar-refractivity contribution in [2.75, 3.05) is 26.2 Å². The van der Waals surface area contributed by atoms with Crippen LogP contribution >= 0.6 is 0 Å². The molecule has 2 aliphatic rings. The maximum absolute atomic E-state index is 9.79. The molecule has 2 aliphatic heterocycles. The van der Waals surface area contributed by atoms with Crippen LogP contribution in [-0.2, 0) is 4.74 Å². The van der Waals surface area contributed by atoms with E-state index in [1.54, 1.807) is 20.8 Å². The molecule has 6 nitrogen and oxygen atoms in total. The topological polar surface area (TPSA) is 85.6 Å². The monoisotopic (exact) mass is 359 g/mol. The Bertz CT molecular complexity index is 620. The van der Waals surface area contributed by atoms with Gasteiger partial charge in [-0.2, -0.15) is 5.26 Å². The lowest BCUT2D eigenvalue weighted by Crippen LogP contribution is -2.58. The SMILES string of the molecule is CC(C)(C)OC(=O)O.N#CC(c1ccccc1)N1CCC2(CC1)CNC2. The number of benzene rings is 1. The lowest BCUT2D eigenvalue weighted by atomic mass is 9.73. The molecule has 2 heterocycles. The van der Waals surface area contributed by atoms with Crippen LogP contribution in [0.1, 0.15) is 45.2 Å². The van der Waals surface area contributed by atoms with Crippen LogP contribution in [0.5, 0.6) is 0 Å². The molecule has 0 aliphatic carbocycles. The molecular weight excluding hydrogens is 330 g/mol. The van der Waals surface area contributed by atoms with E-state index in [9.17, 15) is 10.1 Å². The summed E-state index contributed by atoms with van der Waals surface area (Å²) in [6.07, 6.45) is 1.23. The number of nitrogens with one attached hydrogen (secondary N) is 1. The van der Waals surface area contributed by atoms with E-state index in [4.69, 9.17) is 5.11 Å². The minimum Gasteiger partial charge on any atom is -0.450 e. The van der Waals surface area contributed by atoms with Crippen LogP contribution in [0.2, 0.25) is 0 Å². The van der Waals surface area contributed by atoms with Gasteiger partial charge in [0.05, 0.1) is 6.07 Å². The molecule has 0 aromatic heterocycles. The minimum atomic E-state index is -1.22. The highest BCUT2D eigenvalue weighted by Gasteiger charge is 2.40. The standard InChI is InChI=1S/C15H19N3.C5H10O3/c16-10-14(13-4-2-1-3-5-13)18-8-6-15(7-9-18)11-17-12-15;1-5(2,3)8-4(6)7/h1-5,14,17H,6-9,11-12H2;1-3H3,(H,6,7). The summed E-state index contributed by atoms with van der Waals surface area (Å²) in [6.45, 7) is 9.49. The van der Waals surface area contributed by atoms with Gasteiger partial charge in [-0.15, -0.1) is 0 Å². The highest BCUT2D eigenvalue weighted by atomic mass is 16.7. The minimum absolute atomic E-state index is 0.0726. The zero-order valence-electron chi connectivity index (χ0n) is 15.9. The van der Waals surface area contributed by atoms with E-state index in [1.165, 1.54) is 25.9 Å². The van der Waals surface area contributed by atoms with Crippen LogP contribution in [0, 0.1) is 16.7 Å². The molecule has 0 saturated carbocycles. The summed E-state index contributed by atoms with van der Waals surface area (Å²) < 4.78 is 4.35. The molecular formula is C20H29N3O3. The first-order valence-electron chi connectivity index (χ1n) is 9.06. The summed E-state index contributed by atoms with van der Waals surface area (Å²) in [7, 11) is 0. The number of nitriles is 1. The molecule has 142 valence electrons. The van der Waals surface area contributed by atoms with Crippen molar-refractivity contribution in [3.8, 4) is 6.07 Å². The van der Waals surface area contributed by atoms with Crippen molar-refractivity contribution in [2.45, 2.75) is 45.3 Å². The van der Waals surface area contributed by atoms with E-state index in [2.05, 4.69) is 33.2 Å². The van der Waals surface area contributed by atoms with E-state index in [1.807, 2.05) is 18.2 Å². The Balaban J connectivity index is 0.000000260. The van der Waals surface area contributed by atoms with Gasteiger partial charge < -0.3 is 15.2 Å². The molecule has 3 rings (SSSR count). The second kappa shape index (κ2) is 8.52. The van der Waals surface area contributed by atoms with Gasteiger partial charge in [-0.3, -0.25) is 4.90 Å². The van der Waals surface area contributed by atoms with Crippen LogP contribution in [0.4, 0.5) is 4.79 Å². The Morgan fingerprint density at radius 2 is 1.85 bits per heavy atom. The average molecular weight is 359 g/mol. The molecule has 2 N–H and O–H groups in total. The van der Waals surface area contributed by atoms with Crippen molar-refractivity contribution in [2.24, 2.45) is 5.41 Å². The Morgan fingerprint density at radius 1 is 1.27 bits per heavy atom. The molecule has 6 heteroatoms. The van der Waals surface area contributed by atoms with Crippen LogP contribution < -0.4 is 5.32 Å². The quantitative estimate of drug-likeness (QED) is 0.787. The number of ether oxygens (including phenoxy) is 1. The van der Waals surface area contributed by atoms with E-state index >= 15 is 0 Å². The van der Waals surface area contributed by atoms with E-state index < -0.39 is 11.8 Å². The summed E-state index contributed by atoms with van der Waals surface area (Å²) >= 11 is 0. The molecule has 2 fully saturated rings. The maximum Gasteiger partial charge on any atom is 0.506 e. The van der Waals surface area contributed by atoms with E-state index in [0.717, 1.165) is 18.7 Å². The van der Waals surface area contributed by atoms with Crippen LogP contribution in [0.3, 0.4) is 0 Å². The third-order valence-corrected chi connectivity index (χ3v) is 4.85. The Hall–Kier alpha value is -2.10. The van der Waals surface area contributed by atoms with Gasteiger partial charge >= 0.3 is 6.16 Å². The fourth-order valence-corrected chi connectivity index (χ4v) is 3.35. The van der Waals surface area contributed by atoms with Gasteiger partial charge in [0, 0.05) is 26.2 Å². The molecule has 1 unspecified atom stereocenters. The van der Waals surface area contributed by atoms with Gasteiger partial charge in [0.15, 0.2) is 0 Å². The summed E-state index contributed by atoms with van der Waals surface area (Å²) in [6, 6.07) is 12.5. The summed E-state index contributed by atoms with van der Waals surface area (Å²) in [5.74, 6) is 0. The van der Waals surface area contributed by atoms with Crippen LogP contribution in [-0.4, -0.2) is 47.9 Å². The summed E-state index contributed by atoms with van der Waals surface area (Å²) in [5.41, 5.74) is 1.10. The van der Waals surface area contributed by atoms with Crippen molar-refractivity contribution in [1.29, 1.82) is 5.26 Å². The Morgan fingerprint density at radius 3 is 2.19 bits per heavy atom. The number of nitrogens with zero attached hydrogens (tertiary/aromatic N) is 2. The van der Waals surface area contributed by atoms with Gasteiger partial charge in [0.2, 0.25) is 0 Å². The number of carboxylic acid groups (broad SMARTS) is 1. The predicted octanol–water partition coefficient (Wildman–Crippen LogP) is 3.42. The Labute approximate surface area is 155 Å². The third-order valence-electron chi connectivity index (χ3n) is 4.85. The molecule has 0 bridgehead atoms. The molecule has 26 heavy (non-hydrogen) atoms. The van der Waals surface area contributed by atoms with Crippen molar-refractivity contribution >= 4 is 6.16 Å². The number of hydrogen-bond acceptors (Lipinski definition) is 5. The smallest absolute Gasteiger partial charge is 0.450 e. The van der Waals surface area contributed by atoms with Gasteiger partial charge in [-0.25, -0.2) is 4.79 Å². The molecule has 0 amide bonds. The average Bonchev–Trinajstić information content (AvgIpc) is 2.54. The zero-order chi connectivity index (χ0) is 19.2. The Kier molecular flexibility index (Phi) is 6.63. The molecule has 1 atom stereocenters.